The van der Waals surface area contributed by atoms with Gasteiger partial charge in [0.1, 0.15) is 0 Å². The third kappa shape index (κ3) is 4.04. The molecule has 1 aromatic carbocycles. The van der Waals surface area contributed by atoms with E-state index in [1.807, 2.05) is 0 Å². The second kappa shape index (κ2) is 7.05. The molecular weight excluding hydrogens is 276 g/mol. The number of carbonyl (C=O) groups is 2. The number of ether oxygens (including phenoxy) is 2. The van der Waals surface area contributed by atoms with Crippen LogP contribution in [-0.4, -0.2) is 37.4 Å². The minimum Gasteiger partial charge on any atom is -0.493 e. The second-order valence-corrected chi connectivity index (χ2v) is 4.04. The first-order valence-electron chi connectivity index (χ1n) is 5.95. The van der Waals surface area contributed by atoms with Gasteiger partial charge in [-0.1, -0.05) is 5.92 Å². The third-order valence-corrected chi connectivity index (χ3v) is 2.60. The minimum atomic E-state index is -1.21. The van der Waals surface area contributed by atoms with Crippen molar-refractivity contribution in [2.24, 2.45) is 0 Å². The number of nitrogens with one attached hydrogen (secondary N) is 2. The molecule has 21 heavy (non-hydrogen) atoms. The van der Waals surface area contributed by atoms with Gasteiger partial charge in [-0.2, -0.15) is 0 Å². The Labute approximate surface area is 122 Å². The summed E-state index contributed by atoms with van der Waals surface area (Å²) in [4.78, 5) is 23.0. The van der Waals surface area contributed by atoms with Crippen LogP contribution in [0, 0.1) is 12.3 Å². The zero-order chi connectivity index (χ0) is 16.0. The molecule has 7 heteroatoms. The standard InChI is InChI=1S/C14H16N2O5/c1-5-8(2)15-14(19)16-10-7-12(21-4)11(20-3)6-9(10)13(17)18/h1,6-8H,2-4H3,(H,17,18)(H2,15,16,19). The van der Waals surface area contributed by atoms with Crippen LogP contribution < -0.4 is 20.1 Å². The highest BCUT2D eigenvalue weighted by Crippen LogP contribution is 2.33. The molecule has 0 saturated heterocycles. The van der Waals surface area contributed by atoms with E-state index in [1.54, 1.807) is 6.92 Å². The first-order valence-corrected chi connectivity index (χ1v) is 5.95. The maximum atomic E-state index is 11.7. The van der Waals surface area contributed by atoms with Crippen molar-refractivity contribution in [3.8, 4) is 23.8 Å². The monoisotopic (exact) mass is 292 g/mol. The smallest absolute Gasteiger partial charge is 0.337 e. The normalized spacial score (nSPS) is 11.0. The van der Waals surface area contributed by atoms with Gasteiger partial charge < -0.3 is 25.2 Å². The van der Waals surface area contributed by atoms with Gasteiger partial charge in [0.05, 0.1) is 31.5 Å². The highest BCUT2D eigenvalue weighted by Gasteiger charge is 2.18. The van der Waals surface area contributed by atoms with Gasteiger partial charge in [-0.05, 0) is 6.92 Å². The van der Waals surface area contributed by atoms with Crippen molar-refractivity contribution in [2.75, 3.05) is 19.5 Å². The van der Waals surface area contributed by atoms with Crippen molar-refractivity contribution in [2.45, 2.75) is 13.0 Å². The predicted molar refractivity (Wildman–Crippen MR) is 77.0 cm³/mol. The van der Waals surface area contributed by atoms with Gasteiger partial charge in [0.2, 0.25) is 0 Å². The lowest BCUT2D eigenvalue weighted by atomic mass is 10.1. The van der Waals surface area contributed by atoms with E-state index in [1.165, 1.54) is 26.4 Å². The predicted octanol–water partition coefficient (Wildman–Crippen LogP) is 1.55. The Morgan fingerprint density at radius 2 is 1.86 bits per heavy atom. The van der Waals surface area contributed by atoms with Crippen LogP contribution in [0.15, 0.2) is 12.1 Å². The molecule has 1 rings (SSSR count). The number of amides is 2. The van der Waals surface area contributed by atoms with Gasteiger partial charge in [-0.3, -0.25) is 0 Å². The van der Waals surface area contributed by atoms with E-state index < -0.39 is 18.0 Å². The van der Waals surface area contributed by atoms with Crippen LogP contribution in [0.1, 0.15) is 17.3 Å². The van der Waals surface area contributed by atoms with E-state index in [-0.39, 0.29) is 17.0 Å². The SMILES string of the molecule is C#CC(C)NC(=O)Nc1cc(OC)c(OC)cc1C(=O)O. The summed E-state index contributed by atoms with van der Waals surface area (Å²) >= 11 is 0. The van der Waals surface area contributed by atoms with Gasteiger partial charge in [-0.15, -0.1) is 6.42 Å². The third-order valence-electron chi connectivity index (χ3n) is 2.60. The summed E-state index contributed by atoms with van der Waals surface area (Å²) in [5, 5.41) is 14.1. The summed E-state index contributed by atoms with van der Waals surface area (Å²) in [5.41, 5.74) is -0.0574. The lowest BCUT2D eigenvalue weighted by molar-refractivity contribution is 0.0697. The van der Waals surface area contributed by atoms with E-state index in [0.29, 0.717) is 5.75 Å². The molecule has 1 atom stereocenters. The molecule has 1 unspecified atom stereocenters. The average Bonchev–Trinajstić information content (AvgIpc) is 2.45. The van der Waals surface area contributed by atoms with Crippen LogP contribution >= 0.6 is 0 Å². The highest BCUT2D eigenvalue weighted by molar-refractivity contribution is 6.01. The zero-order valence-corrected chi connectivity index (χ0v) is 11.9. The fourth-order valence-corrected chi connectivity index (χ4v) is 1.56. The van der Waals surface area contributed by atoms with Crippen LogP contribution in [0.2, 0.25) is 0 Å². The van der Waals surface area contributed by atoms with E-state index in [2.05, 4.69) is 16.6 Å². The molecule has 0 heterocycles. The molecule has 0 fully saturated rings. The molecule has 1 aromatic rings. The first-order chi connectivity index (χ1) is 9.92. The first kappa shape index (κ1) is 16.2. The van der Waals surface area contributed by atoms with Crippen LogP contribution in [0.3, 0.4) is 0 Å². The van der Waals surface area contributed by atoms with Crippen molar-refractivity contribution >= 4 is 17.7 Å². The number of rotatable bonds is 5. The molecule has 0 saturated carbocycles. The Hall–Kier alpha value is -2.88. The molecule has 112 valence electrons. The number of carboxylic acids is 1. The fourth-order valence-electron chi connectivity index (χ4n) is 1.56. The number of urea groups is 1. The van der Waals surface area contributed by atoms with Gasteiger partial charge in [0, 0.05) is 12.1 Å². The largest absolute Gasteiger partial charge is 0.493 e. The number of benzene rings is 1. The van der Waals surface area contributed by atoms with Crippen LogP contribution in [0.25, 0.3) is 0 Å². The van der Waals surface area contributed by atoms with E-state index in [9.17, 15) is 14.7 Å². The van der Waals surface area contributed by atoms with E-state index >= 15 is 0 Å². The summed E-state index contributed by atoms with van der Waals surface area (Å²) in [7, 11) is 2.79. The zero-order valence-electron chi connectivity index (χ0n) is 11.9. The number of anilines is 1. The summed E-state index contributed by atoms with van der Waals surface area (Å²) in [6.07, 6.45) is 5.15. The quantitative estimate of drug-likeness (QED) is 0.715. The molecule has 0 bridgehead atoms. The molecule has 0 radical (unpaired) electrons. The molecule has 0 aliphatic carbocycles. The molecule has 0 aliphatic rings. The average molecular weight is 292 g/mol. The van der Waals surface area contributed by atoms with Gasteiger partial charge >= 0.3 is 12.0 Å². The number of carbonyl (C=O) groups excluding carboxylic acids is 1. The topological polar surface area (TPSA) is 96.9 Å². The van der Waals surface area contributed by atoms with Crippen LogP contribution in [0.5, 0.6) is 11.5 Å². The van der Waals surface area contributed by atoms with Crippen molar-refractivity contribution in [1.82, 2.24) is 5.32 Å². The van der Waals surface area contributed by atoms with Gasteiger partial charge in [0.15, 0.2) is 11.5 Å². The molecular formula is C14H16N2O5. The lowest BCUT2D eigenvalue weighted by Gasteiger charge is -2.15. The second-order valence-electron chi connectivity index (χ2n) is 4.04. The Balaban J connectivity index is 3.13. The number of carboxylic acid groups (broad SMARTS) is 1. The molecule has 0 aromatic heterocycles. The number of aromatic carboxylic acids is 1. The summed E-state index contributed by atoms with van der Waals surface area (Å²) in [5.74, 6) is 1.66. The number of terminal acetylenes is 1. The Bertz CT molecular complexity index is 592. The van der Waals surface area contributed by atoms with Gasteiger partial charge in [0.25, 0.3) is 0 Å². The fraction of sp³-hybridized carbons (Fsp3) is 0.286. The summed E-state index contributed by atoms with van der Waals surface area (Å²) < 4.78 is 10.1. The van der Waals surface area contributed by atoms with Crippen molar-refractivity contribution < 1.29 is 24.2 Å². The molecule has 3 N–H and O–H groups in total. The minimum absolute atomic E-state index is 0.0712. The van der Waals surface area contributed by atoms with E-state index in [4.69, 9.17) is 15.9 Å². The van der Waals surface area contributed by atoms with Gasteiger partial charge in [-0.25, -0.2) is 9.59 Å². The van der Waals surface area contributed by atoms with Crippen LogP contribution in [-0.2, 0) is 0 Å². The maximum Gasteiger partial charge on any atom is 0.337 e. The van der Waals surface area contributed by atoms with Crippen molar-refractivity contribution in [1.29, 1.82) is 0 Å². The Morgan fingerprint density at radius 3 is 2.33 bits per heavy atom. The Morgan fingerprint density at radius 1 is 1.29 bits per heavy atom. The molecule has 0 spiro atoms. The number of methoxy groups -OCH3 is 2. The van der Waals surface area contributed by atoms with Crippen molar-refractivity contribution in [3.05, 3.63) is 17.7 Å². The number of hydrogen-bond donors (Lipinski definition) is 3. The summed E-state index contributed by atoms with van der Waals surface area (Å²) in [6.45, 7) is 1.62. The maximum absolute atomic E-state index is 11.7. The van der Waals surface area contributed by atoms with E-state index in [0.717, 1.165) is 0 Å². The molecule has 7 nitrogen and oxygen atoms in total. The van der Waals surface area contributed by atoms with Crippen molar-refractivity contribution in [3.63, 3.8) is 0 Å². The molecule has 0 aliphatic heterocycles. The van der Waals surface area contributed by atoms with Crippen LogP contribution in [0.4, 0.5) is 10.5 Å². The highest BCUT2D eigenvalue weighted by atomic mass is 16.5. The lowest BCUT2D eigenvalue weighted by Crippen LogP contribution is -2.35. The summed E-state index contributed by atoms with van der Waals surface area (Å²) in [6, 6.07) is 1.53. The Kier molecular flexibility index (Phi) is 5.43. The molecule has 2 amide bonds. The number of hydrogen-bond acceptors (Lipinski definition) is 4.